The largest absolute Gasteiger partial charge is 0.452 e. The molecule has 1 aliphatic rings. The predicted octanol–water partition coefficient (Wildman–Crippen LogP) is 1.28. The molecule has 9 heteroatoms. The molecule has 1 aromatic carbocycles. The van der Waals surface area contributed by atoms with Crippen LogP contribution in [0.2, 0.25) is 5.02 Å². The SMILES string of the molecule is CN(C(=O)COC(=O)c1ccc(F)cc1Cl)C1CCS(=O)(=O)C1. The normalized spacial score (nSPS) is 19.3. The monoisotopic (exact) mass is 363 g/mol. The highest BCUT2D eigenvalue weighted by Gasteiger charge is 2.33. The first kappa shape index (κ1) is 17.7. The van der Waals surface area contributed by atoms with Gasteiger partial charge in [-0.3, -0.25) is 4.79 Å². The lowest BCUT2D eigenvalue weighted by atomic mass is 10.2. The molecule has 0 N–H and O–H groups in total. The summed E-state index contributed by atoms with van der Waals surface area (Å²) in [7, 11) is -1.65. The molecule has 0 aliphatic carbocycles. The molecule has 1 saturated heterocycles. The highest BCUT2D eigenvalue weighted by molar-refractivity contribution is 7.91. The van der Waals surface area contributed by atoms with Crippen molar-refractivity contribution in [1.29, 1.82) is 0 Å². The number of esters is 1. The van der Waals surface area contributed by atoms with Crippen molar-refractivity contribution in [1.82, 2.24) is 4.90 Å². The van der Waals surface area contributed by atoms with E-state index in [1.807, 2.05) is 0 Å². The number of rotatable bonds is 4. The first-order chi connectivity index (χ1) is 10.7. The minimum Gasteiger partial charge on any atom is -0.452 e. The smallest absolute Gasteiger partial charge is 0.340 e. The zero-order valence-electron chi connectivity index (χ0n) is 12.3. The Kier molecular flexibility index (Phi) is 5.26. The van der Waals surface area contributed by atoms with E-state index in [0.717, 1.165) is 18.2 Å². The first-order valence-electron chi connectivity index (χ1n) is 6.78. The Bertz CT molecular complexity index is 737. The maximum absolute atomic E-state index is 12.9. The molecule has 1 atom stereocenters. The van der Waals surface area contributed by atoms with Crippen molar-refractivity contribution in [2.75, 3.05) is 25.2 Å². The van der Waals surface area contributed by atoms with E-state index in [1.165, 1.54) is 11.9 Å². The number of carbonyl (C=O) groups is 2. The van der Waals surface area contributed by atoms with Gasteiger partial charge in [0, 0.05) is 13.1 Å². The van der Waals surface area contributed by atoms with Gasteiger partial charge in [-0.15, -0.1) is 0 Å². The Morgan fingerprint density at radius 2 is 2.13 bits per heavy atom. The number of likely N-dealkylation sites (N-methyl/N-ethyl adjacent to an activating group) is 1. The molecule has 6 nitrogen and oxygen atoms in total. The van der Waals surface area contributed by atoms with E-state index in [9.17, 15) is 22.4 Å². The van der Waals surface area contributed by atoms with Crippen LogP contribution in [0.15, 0.2) is 18.2 Å². The molecule has 0 spiro atoms. The van der Waals surface area contributed by atoms with E-state index in [2.05, 4.69) is 0 Å². The maximum atomic E-state index is 12.9. The van der Waals surface area contributed by atoms with Gasteiger partial charge in [-0.2, -0.15) is 0 Å². The van der Waals surface area contributed by atoms with E-state index in [0.29, 0.717) is 6.42 Å². The summed E-state index contributed by atoms with van der Waals surface area (Å²) in [5.74, 6) is -2.01. The van der Waals surface area contributed by atoms with Gasteiger partial charge in [-0.1, -0.05) is 11.6 Å². The molecule has 0 radical (unpaired) electrons. The number of benzene rings is 1. The molecule has 0 saturated carbocycles. The lowest BCUT2D eigenvalue weighted by Crippen LogP contribution is -2.40. The van der Waals surface area contributed by atoms with Crippen molar-refractivity contribution in [3.63, 3.8) is 0 Å². The van der Waals surface area contributed by atoms with Gasteiger partial charge in [-0.05, 0) is 24.6 Å². The van der Waals surface area contributed by atoms with Crippen molar-refractivity contribution in [2.45, 2.75) is 12.5 Å². The molecule has 0 aromatic heterocycles. The predicted molar refractivity (Wildman–Crippen MR) is 81.5 cm³/mol. The summed E-state index contributed by atoms with van der Waals surface area (Å²) in [5, 5.41) is -0.113. The minimum absolute atomic E-state index is 0.0419. The van der Waals surface area contributed by atoms with E-state index in [1.54, 1.807) is 0 Å². The van der Waals surface area contributed by atoms with Gasteiger partial charge in [0.05, 0.1) is 22.1 Å². The Morgan fingerprint density at radius 1 is 1.43 bits per heavy atom. The van der Waals surface area contributed by atoms with Crippen LogP contribution < -0.4 is 0 Å². The van der Waals surface area contributed by atoms with Crippen LogP contribution in [0.1, 0.15) is 16.8 Å². The summed E-state index contributed by atoms with van der Waals surface area (Å²) < 4.78 is 40.6. The number of hydrogen-bond acceptors (Lipinski definition) is 5. The van der Waals surface area contributed by atoms with Crippen LogP contribution in [-0.4, -0.2) is 56.4 Å². The molecule has 23 heavy (non-hydrogen) atoms. The van der Waals surface area contributed by atoms with Crippen LogP contribution in [0.3, 0.4) is 0 Å². The lowest BCUT2D eigenvalue weighted by molar-refractivity contribution is -0.134. The summed E-state index contributed by atoms with van der Waals surface area (Å²) in [6, 6.07) is 2.77. The Hall–Kier alpha value is -1.67. The second-order valence-corrected chi connectivity index (χ2v) is 7.90. The van der Waals surface area contributed by atoms with Crippen LogP contribution in [0.5, 0.6) is 0 Å². The zero-order chi connectivity index (χ0) is 17.2. The van der Waals surface area contributed by atoms with Crippen molar-refractivity contribution in [3.05, 3.63) is 34.6 Å². The Morgan fingerprint density at radius 3 is 2.70 bits per heavy atom. The van der Waals surface area contributed by atoms with Crippen LogP contribution in [0.25, 0.3) is 0 Å². The van der Waals surface area contributed by atoms with Crippen LogP contribution >= 0.6 is 11.6 Å². The molecular formula is C14H15ClFNO5S. The van der Waals surface area contributed by atoms with Crippen LogP contribution in [0, 0.1) is 5.82 Å². The van der Waals surface area contributed by atoms with Crippen molar-refractivity contribution in [2.24, 2.45) is 0 Å². The summed E-state index contributed by atoms with van der Waals surface area (Å²) >= 11 is 5.73. The fraction of sp³-hybridized carbons (Fsp3) is 0.429. The van der Waals surface area contributed by atoms with Gasteiger partial charge >= 0.3 is 5.97 Å². The summed E-state index contributed by atoms with van der Waals surface area (Å²) in [5.41, 5.74) is -0.0491. The average Bonchev–Trinajstić information content (AvgIpc) is 2.83. The van der Waals surface area contributed by atoms with E-state index >= 15 is 0 Å². The lowest BCUT2D eigenvalue weighted by Gasteiger charge is -2.23. The third-order valence-corrected chi connectivity index (χ3v) is 5.69. The highest BCUT2D eigenvalue weighted by Crippen LogP contribution is 2.19. The molecule has 2 rings (SSSR count). The number of sulfone groups is 1. The second kappa shape index (κ2) is 6.84. The van der Waals surface area contributed by atoms with Gasteiger partial charge in [0.1, 0.15) is 5.82 Å². The van der Waals surface area contributed by atoms with Gasteiger partial charge in [-0.25, -0.2) is 17.6 Å². The molecule has 1 aliphatic heterocycles. The topological polar surface area (TPSA) is 80.8 Å². The summed E-state index contributed by atoms with van der Waals surface area (Å²) in [4.78, 5) is 25.1. The van der Waals surface area contributed by atoms with Crippen molar-refractivity contribution in [3.8, 4) is 0 Å². The number of amides is 1. The first-order valence-corrected chi connectivity index (χ1v) is 8.98. The molecule has 0 bridgehead atoms. The molecule has 1 unspecified atom stereocenters. The fourth-order valence-electron chi connectivity index (χ4n) is 2.25. The Labute approximate surface area is 138 Å². The molecule has 126 valence electrons. The third kappa shape index (κ3) is 4.42. The number of carbonyl (C=O) groups excluding carboxylic acids is 2. The van der Waals surface area contributed by atoms with Crippen molar-refractivity contribution >= 4 is 33.3 Å². The van der Waals surface area contributed by atoms with E-state index in [-0.39, 0.29) is 22.1 Å². The molecular weight excluding hydrogens is 349 g/mol. The number of halogens is 2. The second-order valence-electron chi connectivity index (χ2n) is 5.26. The summed E-state index contributed by atoms with van der Waals surface area (Å²) in [6.45, 7) is -0.542. The summed E-state index contributed by atoms with van der Waals surface area (Å²) in [6.07, 6.45) is 0.363. The minimum atomic E-state index is -3.11. The highest BCUT2D eigenvalue weighted by atomic mass is 35.5. The third-order valence-electron chi connectivity index (χ3n) is 3.63. The Balaban J connectivity index is 1.92. The molecule has 1 heterocycles. The maximum Gasteiger partial charge on any atom is 0.340 e. The quantitative estimate of drug-likeness (QED) is 0.753. The average molecular weight is 364 g/mol. The van der Waals surface area contributed by atoms with Crippen molar-refractivity contribution < 1.29 is 27.1 Å². The number of hydrogen-bond donors (Lipinski definition) is 0. The fourth-order valence-corrected chi connectivity index (χ4v) is 4.27. The number of nitrogens with zero attached hydrogens (tertiary/aromatic N) is 1. The van der Waals surface area contributed by atoms with Gasteiger partial charge in [0.25, 0.3) is 5.91 Å². The van der Waals surface area contributed by atoms with Gasteiger partial charge < -0.3 is 9.64 Å². The molecule has 1 aromatic rings. The van der Waals surface area contributed by atoms with Crippen LogP contribution in [-0.2, 0) is 19.4 Å². The van der Waals surface area contributed by atoms with Gasteiger partial charge in [0.2, 0.25) is 0 Å². The molecule has 1 fully saturated rings. The van der Waals surface area contributed by atoms with Crippen LogP contribution in [0.4, 0.5) is 4.39 Å². The molecule has 1 amide bonds. The van der Waals surface area contributed by atoms with Gasteiger partial charge in [0.15, 0.2) is 16.4 Å². The van der Waals surface area contributed by atoms with E-state index in [4.69, 9.17) is 16.3 Å². The van der Waals surface area contributed by atoms with E-state index < -0.39 is 40.2 Å². The standard InChI is InChI=1S/C14H15ClFNO5S/c1-17(10-4-5-23(20,21)8-10)13(18)7-22-14(19)11-3-2-9(16)6-12(11)15/h2-3,6,10H,4-5,7-8H2,1H3. The zero-order valence-corrected chi connectivity index (χ0v) is 13.9. The number of ether oxygens (including phenoxy) is 1.